The number of carboxylic acids is 2. The molecule has 2 aliphatic heterocycles. The summed E-state index contributed by atoms with van der Waals surface area (Å²) in [6.45, 7) is 6.63. The van der Waals surface area contributed by atoms with Crippen LogP contribution in [0.15, 0.2) is 17.1 Å². The summed E-state index contributed by atoms with van der Waals surface area (Å²) in [6, 6.07) is -0.0144. The Labute approximate surface area is 166 Å². The van der Waals surface area contributed by atoms with Gasteiger partial charge in [0.2, 0.25) is 0 Å². The zero-order valence-electron chi connectivity index (χ0n) is 16.8. The molecule has 3 rings (SSSR count). The molecule has 3 aliphatic rings. The molecule has 7 heteroatoms. The third-order valence-corrected chi connectivity index (χ3v) is 6.14. The molecule has 3 unspecified atom stereocenters. The van der Waals surface area contributed by atoms with Gasteiger partial charge in [-0.15, -0.1) is 0 Å². The topological polar surface area (TPSA) is 116 Å². The highest BCUT2D eigenvalue weighted by atomic mass is 16.4. The number of aliphatic carboxylic acids is 2. The van der Waals surface area contributed by atoms with Gasteiger partial charge in [-0.25, -0.2) is 9.59 Å². The van der Waals surface area contributed by atoms with Crippen molar-refractivity contribution in [1.29, 1.82) is 0 Å². The first-order chi connectivity index (χ1) is 13.4. The van der Waals surface area contributed by atoms with Crippen LogP contribution in [0.25, 0.3) is 0 Å². The smallest absolute Gasteiger partial charge is 0.328 e. The van der Waals surface area contributed by atoms with Crippen LogP contribution in [0.2, 0.25) is 0 Å². The Kier molecular flexibility index (Phi) is 8.35. The Bertz CT molecular complexity index is 627. The highest BCUT2D eigenvalue weighted by Gasteiger charge is 2.45. The van der Waals surface area contributed by atoms with E-state index < -0.39 is 11.9 Å². The fraction of sp³-hybridized carbons (Fsp3) is 0.714. The van der Waals surface area contributed by atoms with E-state index in [1.165, 1.54) is 31.5 Å². The monoisotopic (exact) mass is 392 g/mol. The van der Waals surface area contributed by atoms with Gasteiger partial charge in [0.25, 0.3) is 0 Å². The van der Waals surface area contributed by atoms with E-state index in [1.54, 1.807) is 0 Å². The average Bonchev–Trinajstić information content (AvgIpc) is 3.14. The van der Waals surface area contributed by atoms with Gasteiger partial charge in [0.15, 0.2) is 5.78 Å². The van der Waals surface area contributed by atoms with Crippen molar-refractivity contribution in [3.05, 3.63) is 12.2 Å². The second-order valence-electron chi connectivity index (χ2n) is 7.89. The Morgan fingerprint density at radius 2 is 1.79 bits per heavy atom. The van der Waals surface area contributed by atoms with E-state index in [-0.39, 0.29) is 6.04 Å². The van der Waals surface area contributed by atoms with Crippen LogP contribution in [0.3, 0.4) is 0 Å². The van der Waals surface area contributed by atoms with E-state index in [1.807, 2.05) is 6.92 Å². The van der Waals surface area contributed by atoms with Gasteiger partial charge in [-0.05, 0) is 56.5 Å². The molecule has 1 aliphatic carbocycles. The molecule has 0 bridgehead atoms. The number of nitrogens with one attached hydrogen (secondary N) is 1. The fourth-order valence-corrected chi connectivity index (χ4v) is 4.93. The van der Waals surface area contributed by atoms with E-state index in [9.17, 15) is 14.4 Å². The molecule has 0 amide bonds. The number of fused-ring (bicyclic) bond motifs is 2. The van der Waals surface area contributed by atoms with Gasteiger partial charge in [0.1, 0.15) is 6.04 Å². The number of rotatable bonds is 6. The summed E-state index contributed by atoms with van der Waals surface area (Å²) in [5.41, 5.74) is 1.39. The summed E-state index contributed by atoms with van der Waals surface area (Å²) in [6.07, 6.45) is 7.70. The van der Waals surface area contributed by atoms with Crippen molar-refractivity contribution >= 4 is 23.4 Å². The number of hydrogen-bond donors (Lipinski definition) is 3. The summed E-state index contributed by atoms with van der Waals surface area (Å²) in [4.78, 5) is 36.0. The molecule has 1 saturated carbocycles. The van der Waals surface area contributed by atoms with Crippen LogP contribution in [0.4, 0.5) is 0 Å². The molecule has 2 fully saturated rings. The van der Waals surface area contributed by atoms with Gasteiger partial charge in [0.05, 0.1) is 0 Å². The highest BCUT2D eigenvalue weighted by Crippen LogP contribution is 2.45. The molecular weight excluding hydrogens is 360 g/mol. The van der Waals surface area contributed by atoms with Gasteiger partial charge in [-0.2, -0.15) is 0 Å². The minimum Gasteiger partial charge on any atom is -0.478 e. The van der Waals surface area contributed by atoms with Crippen molar-refractivity contribution in [1.82, 2.24) is 5.32 Å². The number of carbonyl (C=O) groups excluding carboxylic acids is 1. The largest absolute Gasteiger partial charge is 0.478 e. The molecule has 3 N–H and O–H groups in total. The van der Waals surface area contributed by atoms with Crippen LogP contribution >= 0.6 is 0 Å². The normalized spacial score (nSPS) is 31.2. The molecule has 5 atom stereocenters. The zero-order valence-corrected chi connectivity index (χ0v) is 16.8. The van der Waals surface area contributed by atoms with Crippen LogP contribution in [0, 0.1) is 23.7 Å². The number of ketones is 1. The predicted octanol–water partition coefficient (Wildman–Crippen LogP) is 2.55. The minimum atomic E-state index is -1.26. The Morgan fingerprint density at radius 3 is 2.36 bits per heavy atom. The summed E-state index contributed by atoms with van der Waals surface area (Å²) in [5.74, 6) is 0.950. The molecule has 0 aromatic rings. The number of carboxylic acid groups (broad SMARTS) is 2. The lowest BCUT2D eigenvalue weighted by molar-refractivity contribution is -0.134. The van der Waals surface area contributed by atoms with Crippen LogP contribution in [0.5, 0.6) is 0 Å². The lowest BCUT2D eigenvalue weighted by Gasteiger charge is -2.43. The third-order valence-electron chi connectivity index (χ3n) is 6.14. The minimum absolute atomic E-state index is 0.0144. The average molecular weight is 392 g/mol. The first-order valence-electron chi connectivity index (χ1n) is 10.3. The SMILES string of the molecule is CCCC1C2CCC(C(=O)CC)N=C2C[C@@H]2CNC[C@@H]12.O=C(O)/C=C/C(=O)O. The van der Waals surface area contributed by atoms with Crippen molar-refractivity contribution in [2.24, 2.45) is 28.7 Å². The molecule has 0 spiro atoms. The van der Waals surface area contributed by atoms with Crippen molar-refractivity contribution in [3.63, 3.8) is 0 Å². The fourth-order valence-electron chi connectivity index (χ4n) is 4.93. The summed E-state index contributed by atoms with van der Waals surface area (Å²) in [7, 11) is 0. The van der Waals surface area contributed by atoms with E-state index in [4.69, 9.17) is 15.2 Å². The Hall–Kier alpha value is -2.02. The number of Topliss-reactive ketones (excluding diaryl/α,β-unsaturated/α-hetero) is 1. The summed E-state index contributed by atoms with van der Waals surface area (Å²) >= 11 is 0. The summed E-state index contributed by atoms with van der Waals surface area (Å²) in [5, 5.41) is 19.2. The van der Waals surface area contributed by atoms with Gasteiger partial charge >= 0.3 is 11.9 Å². The molecule has 7 nitrogen and oxygen atoms in total. The van der Waals surface area contributed by atoms with Gasteiger partial charge < -0.3 is 15.5 Å². The van der Waals surface area contributed by atoms with Crippen LogP contribution in [-0.2, 0) is 14.4 Å². The predicted molar refractivity (Wildman–Crippen MR) is 107 cm³/mol. The van der Waals surface area contributed by atoms with Gasteiger partial charge in [0, 0.05) is 30.2 Å². The van der Waals surface area contributed by atoms with Crippen molar-refractivity contribution in [3.8, 4) is 0 Å². The number of carbonyl (C=O) groups is 3. The number of nitrogens with zero attached hydrogens (tertiary/aromatic N) is 1. The molecule has 0 aromatic heterocycles. The molecule has 28 heavy (non-hydrogen) atoms. The second kappa shape index (κ2) is 10.5. The standard InChI is InChI=1S/C17H28N2O.C4H4O4/c1-3-5-12-13-6-7-15(17(20)4-2)19-16(13)8-11-9-18-10-14(11)12;5-3(6)1-2-4(7)8/h11-15,18H,3-10H2,1-2H3;1-2H,(H,5,6)(H,7,8)/b;2-1+/t11-,12?,13?,14-,15?;/m1./s1. The molecular formula is C21H32N2O5. The molecule has 2 heterocycles. The molecule has 0 radical (unpaired) electrons. The Morgan fingerprint density at radius 1 is 1.11 bits per heavy atom. The molecule has 1 saturated heterocycles. The first kappa shape index (κ1) is 22.3. The lowest BCUT2D eigenvalue weighted by atomic mass is 9.63. The lowest BCUT2D eigenvalue weighted by Crippen LogP contribution is -2.43. The Balaban J connectivity index is 0.000000300. The maximum atomic E-state index is 12.0. The maximum Gasteiger partial charge on any atom is 0.328 e. The van der Waals surface area contributed by atoms with E-state index >= 15 is 0 Å². The second-order valence-corrected chi connectivity index (χ2v) is 7.89. The van der Waals surface area contributed by atoms with E-state index in [0.717, 1.165) is 37.1 Å². The summed E-state index contributed by atoms with van der Waals surface area (Å²) < 4.78 is 0. The number of hydrogen-bond acceptors (Lipinski definition) is 5. The van der Waals surface area contributed by atoms with Gasteiger partial charge in [-0.3, -0.25) is 9.79 Å². The van der Waals surface area contributed by atoms with Gasteiger partial charge in [-0.1, -0.05) is 20.3 Å². The zero-order chi connectivity index (χ0) is 20.7. The van der Waals surface area contributed by atoms with Crippen LogP contribution in [-0.4, -0.2) is 52.8 Å². The highest BCUT2D eigenvalue weighted by molar-refractivity contribution is 5.93. The van der Waals surface area contributed by atoms with Crippen molar-refractivity contribution < 1.29 is 24.6 Å². The first-order valence-corrected chi connectivity index (χ1v) is 10.3. The maximum absolute atomic E-state index is 12.0. The van der Waals surface area contributed by atoms with Crippen molar-refractivity contribution in [2.45, 2.75) is 58.4 Å². The number of aliphatic imine (C=N–C) groups is 1. The van der Waals surface area contributed by atoms with E-state index in [0.29, 0.717) is 30.3 Å². The van der Waals surface area contributed by atoms with Crippen LogP contribution < -0.4 is 5.32 Å². The molecule has 0 aromatic carbocycles. The van der Waals surface area contributed by atoms with Crippen molar-refractivity contribution in [2.75, 3.05) is 13.1 Å². The van der Waals surface area contributed by atoms with E-state index in [2.05, 4.69) is 12.2 Å². The third kappa shape index (κ3) is 5.74. The molecule has 156 valence electrons. The quantitative estimate of drug-likeness (QED) is 0.598. The van der Waals surface area contributed by atoms with Crippen LogP contribution in [0.1, 0.15) is 52.4 Å².